The van der Waals surface area contributed by atoms with Crippen LogP contribution < -0.4 is 5.32 Å². The van der Waals surface area contributed by atoms with Crippen molar-refractivity contribution in [3.05, 3.63) is 167 Å². The molecule has 44 heavy (non-hydrogen) atoms. The Balaban J connectivity index is 1.65. The molecule has 220 valence electrons. The molecule has 0 spiro atoms. The highest BCUT2D eigenvalue weighted by molar-refractivity contribution is 6.02. The summed E-state index contributed by atoms with van der Waals surface area (Å²) in [7, 11) is 0. The highest BCUT2D eigenvalue weighted by Gasteiger charge is 2.43. The molecule has 0 atom stereocenters. The van der Waals surface area contributed by atoms with Gasteiger partial charge in [-0.3, -0.25) is 4.79 Å². The number of alkyl halides is 3. The monoisotopic (exact) mass is 597 g/mol. The van der Waals surface area contributed by atoms with Crippen LogP contribution >= 0.6 is 0 Å². The van der Waals surface area contributed by atoms with Crippen molar-refractivity contribution in [3.8, 4) is 0 Å². The quantitative estimate of drug-likeness (QED) is 0.149. The third-order valence-electron chi connectivity index (χ3n) is 7.46. The molecule has 9 heteroatoms. The van der Waals surface area contributed by atoms with Gasteiger partial charge in [-0.15, -0.1) is 0 Å². The predicted octanol–water partition coefficient (Wildman–Crippen LogP) is 8.25. The first-order valence-corrected chi connectivity index (χ1v) is 13.7. The van der Waals surface area contributed by atoms with Gasteiger partial charge in [-0.2, -0.15) is 18.3 Å². The summed E-state index contributed by atoms with van der Waals surface area (Å²) in [6.45, 7) is 0. The SMILES string of the molecule is O=C(Nc1nn(C(c2ccccc2)(c2ccccc2)c2ccccc2)c2ccc(Cc3cc(F)cc(F)c3)cc12)C(F)(F)F. The smallest absolute Gasteiger partial charge is 0.301 e. The Morgan fingerprint density at radius 2 is 1.16 bits per heavy atom. The second-order valence-electron chi connectivity index (χ2n) is 10.3. The van der Waals surface area contributed by atoms with Gasteiger partial charge < -0.3 is 5.32 Å². The molecule has 1 amide bonds. The van der Waals surface area contributed by atoms with E-state index in [1.165, 1.54) is 12.1 Å². The van der Waals surface area contributed by atoms with Gasteiger partial charge in [-0.05, 0) is 58.5 Å². The van der Waals surface area contributed by atoms with Crippen LogP contribution in [0.25, 0.3) is 10.9 Å². The lowest BCUT2D eigenvalue weighted by molar-refractivity contribution is -0.167. The number of nitrogens with one attached hydrogen (secondary N) is 1. The van der Waals surface area contributed by atoms with Gasteiger partial charge in [0.05, 0.1) is 5.52 Å². The van der Waals surface area contributed by atoms with Crippen LogP contribution in [-0.2, 0) is 16.8 Å². The zero-order valence-corrected chi connectivity index (χ0v) is 23.0. The molecular formula is C35H24F5N3O. The van der Waals surface area contributed by atoms with Crippen molar-refractivity contribution in [2.24, 2.45) is 0 Å². The van der Waals surface area contributed by atoms with Gasteiger partial charge in [0.1, 0.15) is 17.2 Å². The number of carbonyl (C=O) groups excluding carboxylic acids is 1. The van der Waals surface area contributed by atoms with Gasteiger partial charge in [0.2, 0.25) is 0 Å². The molecule has 1 aromatic heterocycles. The molecule has 0 saturated heterocycles. The molecular weight excluding hydrogens is 573 g/mol. The lowest BCUT2D eigenvalue weighted by Crippen LogP contribution is -2.38. The molecule has 1 heterocycles. The van der Waals surface area contributed by atoms with Crippen LogP contribution in [-0.4, -0.2) is 21.9 Å². The number of hydrogen-bond donors (Lipinski definition) is 1. The van der Waals surface area contributed by atoms with Gasteiger partial charge in [-0.1, -0.05) is 97.1 Å². The Morgan fingerprint density at radius 3 is 1.64 bits per heavy atom. The topological polar surface area (TPSA) is 46.9 Å². The first-order chi connectivity index (χ1) is 21.2. The first-order valence-electron chi connectivity index (χ1n) is 13.7. The molecule has 6 aromatic rings. The van der Waals surface area contributed by atoms with Gasteiger partial charge in [0, 0.05) is 11.5 Å². The minimum atomic E-state index is -5.16. The van der Waals surface area contributed by atoms with Crippen LogP contribution in [0, 0.1) is 11.6 Å². The molecule has 0 saturated carbocycles. The normalized spacial score (nSPS) is 11.9. The van der Waals surface area contributed by atoms with Crippen molar-refractivity contribution in [3.63, 3.8) is 0 Å². The largest absolute Gasteiger partial charge is 0.471 e. The van der Waals surface area contributed by atoms with Crippen LogP contribution in [0.15, 0.2) is 127 Å². The van der Waals surface area contributed by atoms with E-state index >= 15 is 0 Å². The molecule has 0 aliphatic carbocycles. The molecule has 6 rings (SSSR count). The Hall–Kier alpha value is -5.31. The molecule has 0 bridgehead atoms. The number of hydrogen-bond acceptors (Lipinski definition) is 2. The molecule has 0 radical (unpaired) electrons. The van der Waals surface area contributed by atoms with Crippen molar-refractivity contribution in [1.82, 2.24) is 9.78 Å². The average Bonchev–Trinajstić information content (AvgIpc) is 3.36. The minimum Gasteiger partial charge on any atom is -0.301 e. The minimum absolute atomic E-state index is 0.0870. The highest BCUT2D eigenvalue weighted by atomic mass is 19.4. The number of benzene rings is 5. The fourth-order valence-corrected chi connectivity index (χ4v) is 5.66. The van der Waals surface area contributed by atoms with E-state index in [-0.39, 0.29) is 17.6 Å². The summed E-state index contributed by atoms with van der Waals surface area (Å²) in [5.41, 5.74) is 2.44. The van der Waals surface area contributed by atoms with Crippen LogP contribution in [0.4, 0.5) is 27.8 Å². The Morgan fingerprint density at radius 1 is 0.659 bits per heavy atom. The van der Waals surface area contributed by atoms with Gasteiger partial charge in [0.25, 0.3) is 0 Å². The summed E-state index contributed by atoms with van der Waals surface area (Å²) in [5, 5.41) is 6.88. The molecule has 0 fully saturated rings. The van der Waals surface area contributed by atoms with Crippen LogP contribution in [0.5, 0.6) is 0 Å². The van der Waals surface area contributed by atoms with Gasteiger partial charge in [0.15, 0.2) is 5.82 Å². The molecule has 4 nitrogen and oxygen atoms in total. The molecule has 5 aromatic carbocycles. The summed E-state index contributed by atoms with van der Waals surface area (Å²) in [6, 6.07) is 36.4. The Bertz CT molecular complexity index is 1820. The molecule has 1 N–H and O–H groups in total. The molecule has 0 aliphatic heterocycles. The van der Waals surface area contributed by atoms with E-state index in [1.54, 1.807) is 22.9 Å². The lowest BCUT2D eigenvalue weighted by atomic mass is 9.77. The third kappa shape index (κ3) is 5.32. The van der Waals surface area contributed by atoms with Gasteiger partial charge >= 0.3 is 12.1 Å². The summed E-state index contributed by atoms with van der Waals surface area (Å²) in [6.07, 6.45) is -5.08. The summed E-state index contributed by atoms with van der Waals surface area (Å²) in [4.78, 5) is 12.2. The number of amides is 1. The van der Waals surface area contributed by atoms with Crippen molar-refractivity contribution in [1.29, 1.82) is 0 Å². The standard InChI is InChI=1S/C35H24F5N3O/c36-28-19-24(20-29(37)22-28)18-23-16-17-31-30(21-23)32(41-33(44)35(38,39)40)42-43(31)34(25-10-4-1-5-11-25,26-12-6-2-7-13-26)27-14-8-3-9-15-27/h1-17,19-22H,18H2,(H,41,42,44). The summed E-state index contributed by atoms with van der Waals surface area (Å²) >= 11 is 0. The van der Waals surface area contributed by atoms with E-state index < -0.39 is 29.3 Å². The van der Waals surface area contributed by atoms with E-state index in [2.05, 4.69) is 5.10 Å². The average molecular weight is 598 g/mol. The second kappa shape index (κ2) is 11.4. The fraction of sp³-hybridized carbons (Fsp3) is 0.0857. The Kier molecular flexibility index (Phi) is 7.47. The predicted molar refractivity (Wildman–Crippen MR) is 158 cm³/mol. The maximum Gasteiger partial charge on any atom is 0.471 e. The zero-order chi connectivity index (χ0) is 30.9. The van der Waals surface area contributed by atoms with E-state index in [4.69, 9.17) is 0 Å². The fourth-order valence-electron chi connectivity index (χ4n) is 5.66. The number of anilines is 1. The van der Waals surface area contributed by atoms with E-state index in [1.807, 2.05) is 96.3 Å². The number of carbonyl (C=O) groups is 1. The highest BCUT2D eigenvalue weighted by Crippen LogP contribution is 2.43. The second-order valence-corrected chi connectivity index (χ2v) is 10.3. The zero-order valence-electron chi connectivity index (χ0n) is 23.0. The van der Waals surface area contributed by atoms with Crippen molar-refractivity contribution in [2.75, 3.05) is 5.32 Å². The molecule has 0 aliphatic rings. The lowest BCUT2D eigenvalue weighted by Gasteiger charge is -2.37. The van der Waals surface area contributed by atoms with Crippen LogP contribution in [0.2, 0.25) is 0 Å². The van der Waals surface area contributed by atoms with Crippen LogP contribution in [0.3, 0.4) is 0 Å². The Labute approximate surface area is 249 Å². The first kappa shape index (κ1) is 28.8. The maximum atomic E-state index is 13.9. The van der Waals surface area contributed by atoms with Gasteiger partial charge in [-0.25, -0.2) is 13.5 Å². The van der Waals surface area contributed by atoms with E-state index in [0.717, 1.165) is 22.8 Å². The number of halogens is 5. The summed E-state index contributed by atoms with van der Waals surface area (Å²) in [5.74, 6) is -3.97. The number of nitrogens with zero attached hydrogens (tertiary/aromatic N) is 2. The number of fused-ring (bicyclic) bond motifs is 1. The van der Waals surface area contributed by atoms with Crippen molar-refractivity contribution >= 4 is 22.6 Å². The van der Waals surface area contributed by atoms with E-state index in [0.29, 0.717) is 16.6 Å². The van der Waals surface area contributed by atoms with E-state index in [9.17, 15) is 26.7 Å². The summed E-state index contributed by atoms with van der Waals surface area (Å²) < 4.78 is 69.9. The number of aromatic nitrogens is 2. The maximum absolute atomic E-state index is 13.9. The third-order valence-corrected chi connectivity index (χ3v) is 7.46. The number of rotatable bonds is 7. The van der Waals surface area contributed by atoms with Crippen LogP contribution in [0.1, 0.15) is 27.8 Å². The van der Waals surface area contributed by atoms with Crippen molar-refractivity contribution in [2.45, 2.75) is 18.1 Å². The molecule has 0 unspecified atom stereocenters. The van der Waals surface area contributed by atoms with Crippen molar-refractivity contribution < 1.29 is 26.7 Å².